The lowest BCUT2D eigenvalue weighted by Gasteiger charge is -2.10. The van der Waals surface area contributed by atoms with Gasteiger partial charge in [-0.1, -0.05) is 29.3 Å². The van der Waals surface area contributed by atoms with Gasteiger partial charge in [0.25, 0.3) is 5.56 Å². The number of aliphatic hydroxyl groups is 1. The molecule has 0 amide bonds. The van der Waals surface area contributed by atoms with Gasteiger partial charge in [-0.25, -0.2) is 9.07 Å². The van der Waals surface area contributed by atoms with E-state index in [1.54, 1.807) is 6.07 Å². The molecule has 2 N–H and O–H groups in total. The fraction of sp³-hybridized carbons (Fsp3) is 0.231. The SMILES string of the molecule is O=c1c(Cl)c(NCc2ccc(F)c(Cl)c2)cnn1CCO. The summed E-state index contributed by atoms with van der Waals surface area (Å²) in [5.41, 5.74) is 0.598. The Morgan fingerprint density at radius 1 is 1.38 bits per heavy atom. The lowest BCUT2D eigenvalue weighted by molar-refractivity contribution is 0.266. The van der Waals surface area contributed by atoms with Crippen LogP contribution >= 0.6 is 23.2 Å². The predicted molar refractivity (Wildman–Crippen MR) is 79.3 cm³/mol. The summed E-state index contributed by atoms with van der Waals surface area (Å²) < 4.78 is 14.1. The third-order valence-electron chi connectivity index (χ3n) is 2.76. The molecule has 8 heteroatoms. The molecule has 112 valence electrons. The van der Waals surface area contributed by atoms with E-state index in [9.17, 15) is 9.18 Å². The van der Waals surface area contributed by atoms with Crippen LogP contribution in [0.1, 0.15) is 5.56 Å². The average molecular weight is 332 g/mol. The highest BCUT2D eigenvalue weighted by Gasteiger charge is 2.09. The number of rotatable bonds is 5. The van der Waals surface area contributed by atoms with E-state index in [2.05, 4.69) is 10.4 Å². The van der Waals surface area contributed by atoms with Crippen molar-refractivity contribution in [1.82, 2.24) is 9.78 Å². The van der Waals surface area contributed by atoms with E-state index in [0.717, 1.165) is 10.2 Å². The Kier molecular flexibility index (Phi) is 5.17. The molecule has 2 aromatic rings. The summed E-state index contributed by atoms with van der Waals surface area (Å²) in [6.45, 7) is 0.182. The average Bonchev–Trinajstić information content (AvgIpc) is 2.47. The van der Waals surface area contributed by atoms with E-state index in [-0.39, 0.29) is 23.2 Å². The Morgan fingerprint density at radius 3 is 2.81 bits per heavy atom. The van der Waals surface area contributed by atoms with Gasteiger partial charge in [0.2, 0.25) is 0 Å². The number of halogens is 3. The summed E-state index contributed by atoms with van der Waals surface area (Å²) in [6.07, 6.45) is 1.39. The van der Waals surface area contributed by atoms with Gasteiger partial charge >= 0.3 is 0 Å². The lowest BCUT2D eigenvalue weighted by Crippen LogP contribution is -2.25. The third-order valence-corrected chi connectivity index (χ3v) is 3.42. The maximum Gasteiger partial charge on any atom is 0.287 e. The van der Waals surface area contributed by atoms with Crippen LogP contribution in [-0.2, 0) is 13.1 Å². The molecular weight excluding hydrogens is 320 g/mol. The van der Waals surface area contributed by atoms with Crippen molar-refractivity contribution in [3.8, 4) is 0 Å². The summed E-state index contributed by atoms with van der Waals surface area (Å²) in [4.78, 5) is 11.8. The number of aromatic nitrogens is 2. The number of nitrogens with one attached hydrogen (secondary N) is 1. The largest absolute Gasteiger partial charge is 0.394 e. The van der Waals surface area contributed by atoms with Crippen LogP contribution in [0.3, 0.4) is 0 Å². The van der Waals surface area contributed by atoms with Crippen LogP contribution < -0.4 is 10.9 Å². The second-order valence-corrected chi connectivity index (χ2v) is 5.01. The van der Waals surface area contributed by atoms with Crippen LogP contribution in [0.15, 0.2) is 29.2 Å². The molecule has 0 aliphatic rings. The van der Waals surface area contributed by atoms with E-state index in [0.29, 0.717) is 12.2 Å². The fourth-order valence-electron chi connectivity index (χ4n) is 1.69. The molecule has 5 nitrogen and oxygen atoms in total. The lowest BCUT2D eigenvalue weighted by atomic mass is 10.2. The van der Waals surface area contributed by atoms with Crippen LogP contribution in [0.2, 0.25) is 10.0 Å². The molecule has 0 saturated carbocycles. The van der Waals surface area contributed by atoms with Gasteiger partial charge in [-0.2, -0.15) is 5.10 Å². The van der Waals surface area contributed by atoms with E-state index in [4.69, 9.17) is 28.3 Å². The van der Waals surface area contributed by atoms with Gasteiger partial charge in [0.1, 0.15) is 10.8 Å². The monoisotopic (exact) mass is 331 g/mol. The van der Waals surface area contributed by atoms with Gasteiger partial charge < -0.3 is 10.4 Å². The first-order valence-corrected chi connectivity index (χ1v) is 6.83. The zero-order valence-corrected chi connectivity index (χ0v) is 12.3. The molecule has 21 heavy (non-hydrogen) atoms. The topological polar surface area (TPSA) is 67.2 Å². The molecule has 0 radical (unpaired) electrons. The number of hydrogen-bond donors (Lipinski definition) is 2. The second-order valence-electron chi connectivity index (χ2n) is 4.23. The normalized spacial score (nSPS) is 10.7. The number of aliphatic hydroxyl groups excluding tert-OH is 1. The van der Waals surface area contributed by atoms with Gasteiger partial charge in [-0.3, -0.25) is 4.79 Å². The molecule has 0 fully saturated rings. The zero-order chi connectivity index (χ0) is 15.4. The van der Waals surface area contributed by atoms with Gasteiger partial charge in [0.05, 0.1) is 30.1 Å². The summed E-state index contributed by atoms with van der Waals surface area (Å²) in [5.74, 6) is -0.494. The van der Waals surface area contributed by atoms with Crippen molar-refractivity contribution in [2.24, 2.45) is 0 Å². The first-order valence-electron chi connectivity index (χ1n) is 6.07. The first kappa shape index (κ1) is 15.8. The molecule has 2 rings (SSSR count). The fourth-order valence-corrected chi connectivity index (χ4v) is 2.11. The molecule has 1 aromatic carbocycles. The Bertz CT molecular complexity index is 706. The Labute approximate surface area is 129 Å². The summed E-state index contributed by atoms with van der Waals surface area (Å²) in [7, 11) is 0. The third kappa shape index (κ3) is 3.72. The van der Waals surface area contributed by atoms with Crippen LogP contribution in [0, 0.1) is 5.82 Å². The van der Waals surface area contributed by atoms with Crippen molar-refractivity contribution in [1.29, 1.82) is 0 Å². The standard InChI is InChI=1S/C13H12Cl2FN3O2/c14-9-5-8(1-2-10(9)16)6-17-11-7-18-19(3-4-20)13(21)12(11)15/h1-2,5,7,17,20H,3-4,6H2. The van der Waals surface area contributed by atoms with Crippen molar-refractivity contribution in [3.63, 3.8) is 0 Å². The Hall–Kier alpha value is -1.63. The molecule has 0 aliphatic carbocycles. The number of anilines is 1. The molecule has 0 aliphatic heterocycles. The van der Waals surface area contributed by atoms with Gasteiger partial charge in [0.15, 0.2) is 0 Å². The Morgan fingerprint density at radius 2 is 2.14 bits per heavy atom. The van der Waals surface area contributed by atoms with Crippen LogP contribution in [0.25, 0.3) is 0 Å². The highest BCUT2D eigenvalue weighted by molar-refractivity contribution is 6.33. The number of hydrogen-bond acceptors (Lipinski definition) is 4. The minimum atomic E-state index is -0.494. The van der Waals surface area contributed by atoms with E-state index < -0.39 is 11.4 Å². The van der Waals surface area contributed by atoms with Crippen molar-refractivity contribution in [2.45, 2.75) is 13.1 Å². The maximum atomic E-state index is 13.0. The molecule has 1 heterocycles. The summed E-state index contributed by atoms with van der Waals surface area (Å²) >= 11 is 11.6. The van der Waals surface area contributed by atoms with Crippen LogP contribution in [-0.4, -0.2) is 21.5 Å². The van der Waals surface area contributed by atoms with E-state index in [1.165, 1.54) is 18.3 Å². The van der Waals surface area contributed by atoms with Crippen LogP contribution in [0.4, 0.5) is 10.1 Å². The highest BCUT2D eigenvalue weighted by Crippen LogP contribution is 2.19. The Balaban J connectivity index is 2.15. The minimum Gasteiger partial charge on any atom is -0.394 e. The smallest absolute Gasteiger partial charge is 0.287 e. The zero-order valence-electron chi connectivity index (χ0n) is 10.8. The van der Waals surface area contributed by atoms with Gasteiger partial charge in [0, 0.05) is 6.54 Å². The minimum absolute atomic E-state index is 0.0216. The quantitative estimate of drug-likeness (QED) is 0.882. The van der Waals surface area contributed by atoms with E-state index in [1.807, 2.05) is 0 Å². The molecule has 0 atom stereocenters. The molecular formula is C13H12Cl2FN3O2. The molecule has 0 bridgehead atoms. The van der Waals surface area contributed by atoms with Crippen molar-refractivity contribution in [3.05, 3.63) is 56.2 Å². The van der Waals surface area contributed by atoms with Crippen molar-refractivity contribution < 1.29 is 9.50 Å². The maximum absolute atomic E-state index is 13.0. The molecule has 0 unspecified atom stereocenters. The number of nitrogens with zero attached hydrogens (tertiary/aromatic N) is 2. The van der Waals surface area contributed by atoms with Crippen molar-refractivity contribution in [2.75, 3.05) is 11.9 Å². The van der Waals surface area contributed by atoms with E-state index >= 15 is 0 Å². The van der Waals surface area contributed by atoms with Crippen LogP contribution in [0.5, 0.6) is 0 Å². The second kappa shape index (κ2) is 6.89. The number of benzene rings is 1. The molecule has 1 aromatic heterocycles. The predicted octanol–water partition coefficient (Wildman–Crippen LogP) is 2.29. The molecule has 0 spiro atoms. The summed E-state index contributed by atoms with van der Waals surface area (Å²) in [5, 5.41) is 15.6. The summed E-state index contributed by atoms with van der Waals surface area (Å²) in [6, 6.07) is 4.32. The first-order chi connectivity index (χ1) is 10.0. The van der Waals surface area contributed by atoms with Gasteiger partial charge in [-0.15, -0.1) is 0 Å². The highest BCUT2D eigenvalue weighted by atomic mass is 35.5. The molecule has 0 saturated heterocycles. The van der Waals surface area contributed by atoms with Gasteiger partial charge in [-0.05, 0) is 17.7 Å². The van der Waals surface area contributed by atoms with Crippen molar-refractivity contribution >= 4 is 28.9 Å².